The van der Waals surface area contributed by atoms with Gasteiger partial charge >= 0.3 is 0 Å². The minimum absolute atomic E-state index is 0.163. The Bertz CT molecular complexity index is 1030. The third-order valence-corrected chi connectivity index (χ3v) is 6.46. The molecule has 0 spiro atoms. The van der Waals surface area contributed by atoms with Gasteiger partial charge in [-0.3, -0.25) is 9.78 Å². The van der Waals surface area contributed by atoms with Crippen molar-refractivity contribution in [2.75, 3.05) is 13.1 Å². The minimum atomic E-state index is 0.163. The second-order valence-electron chi connectivity index (χ2n) is 8.07. The van der Waals surface area contributed by atoms with E-state index in [1.54, 1.807) is 0 Å². The molecule has 2 heterocycles. The van der Waals surface area contributed by atoms with E-state index >= 15 is 0 Å². The van der Waals surface area contributed by atoms with E-state index in [9.17, 15) is 4.79 Å². The van der Waals surface area contributed by atoms with Gasteiger partial charge in [-0.1, -0.05) is 55.9 Å². The molecule has 4 rings (SSSR count). The van der Waals surface area contributed by atoms with E-state index in [1.807, 2.05) is 29.3 Å². The highest BCUT2D eigenvalue weighted by atomic mass is 32.2. The van der Waals surface area contributed by atoms with E-state index in [1.165, 1.54) is 28.5 Å². The standard InChI is InChI=1S/C25H28N2O2S/c1-17(2)30-25(28)27-15-12-22(13-16-27)29-21-9-6-19(7-10-21)23-11-8-20-5-4-14-26-24(20)18(23)3/h4-11,14,17,22H,12-13,15-16H2,1-3H3. The average molecular weight is 421 g/mol. The molecule has 0 unspecified atom stereocenters. The highest BCUT2D eigenvalue weighted by Crippen LogP contribution is 2.30. The Morgan fingerprint density at radius 3 is 2.53 bits per heavy atom. The molecule has 1 fully saturated rings. The summed E-state index contributed by atoms with van der Waals surface area (Å²) in [5, 5.41) is 1.68. The third kappa shape index (κ3) is 4.62. The van der Waals surface area contributed by atoms with Crippen LogP contribution < -0.4 is 4.74 Å². The number of likely N-dealkylation sites (tertiary alicyclic amines) is 1. The number of carbonyl (C=O) groups is 1. The van der Waals surface area contributed by atoms with Gasteiger partial charge in [-0.25, -0.2) is 0 Å². The van der Waals surface area contributed by atoms with Crippen LogP contribution in [0.1, 0.15) is 32.3 Å². The predicted molar refractivity (Wildman–Crippen MR) is 125 cm³/mol. The molecule has 0 aliphatic carbocycles. The first-order valence-corrected chi connectivity index (χ1v) is 11.5. The van der Waals surface area contributed by atoms with Crippen LogP contribution in [0, 0.1) is 6.92 Å². The van der Waals surface area contributed by atoms with Gasteiger partial charge in [0.25, 0.3) is 5.24 Å². The number of benzene rings is 2. The summed E-state index contributed by atoms with van der Waals surface area (Å²) in [6.45, 7) is 7.77. The number of aryl methyl sites for hydroxylation is 1. The van der Waals surface area contributed by atoms with E-state index in [4.69, 9.17) is 4.74 Å². The number of fused-ring (bicyclic) bond motifs is 1. The second kappa shape index (κ2) is 9.09. The van der Waals surface area contributed by atoms with Gasteiger partial charge in [-0.2, -0.15) is 0 Å². The molecule has 0 atom stereocenters. The number of piperidine rings is 1. The van der Waals surface area contributed by atoms with Gasteiger partial charge in [-0.15, -0.1) is 0 Å². The summed E-state index contributed by atoms with van der Waals surface area (Å²) in [7, 11) is 0. The lowest BCUT2D eigenvalue weighted by Gasteiger charge is -2.32. The molecule has 1 aliphatic rings. The zero-order valence-corrected chi connectivity index (χ0v) is 18.6. The number of rotatable bonds is 4. The minimum Gasteiger partial charge on any atom is -0.490 e. The Morgan fingerprint density at radius 1 is 1.10 bits per heavy atom. The maximum Gasteiger partial charge on any atom is 0.281 e. The summed E-state index contributed by atoms with van der Waals surface area (Å²) in [5.74, 6) is 0.886. The van der Waals surface area contributed by atoms with Gasteiger partial charge in [-0.05, 0) is 41.8 Å². The van der Waals surface area contributed by atoms with Crippen molar-refractivity contribution in [2.24, 2.45) is 0 Å². The molecule has 0 radical (unpaired) electrons. The summed E-state index contributed by atoms with van der Waals surface area (Å²) in [6.07, 6.45) is 3.76. The van der Waals surface area contributed by atoms with Crippen molar-refractivity contribution in [1.29, 1.82) is 0 Å². The average Bonchev–Trinajstić information content (AvgIpc) is 2.75. The number of ether oxygens (including phenoxy) is 1. The molecular formula is C25H28N2O2S. The predicted octanol–water partition coefficient (Wildman–Crippen LogP) is 6.32. The number of carbonyl (C=O) groups excluding carboxylic acids is 1. The SMILES string of the molecule is Cc1c(-c2ccc(OC3CCN(C(=O)SC(C)C)CC3)cc2)ccc2cccnc12. The van der Waals surface area contributed by atoms with Crippen molar-refractivity contribution >= 4 is 27.9 Å². The zero-order valence-electron chi connectivity index (χ0n) is 17.8. The fraction of sp³-hybridized carbons (Fsp3) is 0.360. The van der Waals surface area contributed by atoms with Gasteiger partial charge in [0.2, 0.25) is 0 Å². The molecule has 0 N–H and O–H groups in total. The van der Waals surface area contributed by atoms with Crippen LogP contribution in [0.2, 0.25) is 0 Å². The lowest BCUT2D eigenvalue weighted by Crippen LogP contribution is -2.40. The molecule has 2 aromatic carbocycles. The van der Waals surface area contributed by atoms with E-state index in [0.29, 0.717) is 5.25 Å². The maximum absolute atomic E-state index is 12.2. The first kappa shape index (κ1) is 20.7. The number of aromatic nitrogens is 1. The van der Waals surface area contributed by atoms with Crippen LogP contribution >= 0.6 is 11.8 Å². The summed E-state index contributed by atoms with van der Waals surface area (Å²) >= 11 is 1.41. The van der Waals surface area contributed by atoms with E-state index in [-0.39, 0.29) is 11.3 Å². The van der Waals surface area contributed by atoms with Crippen LogP contribution in [0.4, 0.5) is 4.79 Å². The molecule has 5 heteroatoms. The van der Waals surface area contributed by atoms with Crippen LogP contribution in [-0.2, 0) is 0 Å². The Balaban J connectivity index is 1.39. The van der Waals surface area contributed by atoms with Crippen molar-refractivity contribution in [2.45, 2.75) is 45.0 Å². The Labute approximate surface area is 182 Å². The summed E-state index contributed by atoms with van der Waals surface area (Å²) < 4.78 is 6.20. The molecule has 1 amide bonds. The smallest absolute Gasteiger partial charge is 0.281 e. The van der Waals surface area contributed by atoms with Crippen molar-refractivity contribution in [1.82, 2.24) is 9.88 Å². The molecule has 30 heavy (non-hydrogen) atoms. The largest absolute Gasteiger partial charge is 0.490 e. The summed E-state index contributed by atoms with van der Waals surface area (Å²) in [6, 6.07) is 16.7. The van der Waals surface area contributed by atoms with Gasteiger partial charge in [0.05, 0.1) is 5.52 Å². The van der Waals surface area contributed by atoms with Crippen molar-refractivity contribution in [3.8, 4) is 16.9 Å². The van der Waals surface area contributed by atoms with Crippen LogP contribution in [0.3, 0.4) is 0 Å². The summed E-state index contributed by atoms with van der Waals surface area (Å²) in [4.78, 5) is 18.7. The first-order valence-electron chi connectivity index (χ1n) is 10.6. The number of hydrogen-bond acceptors (Lipinski definition) is 4. The topological polar surface area (TPSA) is 42.4 Å². The number of pyridine rings is 1. The normalized spacial score (nSPS) is 15.0. The van der Waals surface area contributed by atoms with E-state index < -0.39 is 0 Å². The molecular weight excluding hydrogens is 392 g/mol. The highest BCUT2D eigenvalue weighted by molar-refractivity contribution is 8.14. The number of hydrogen-bond donors (Lipinski definition) is 0. The highest BCUT2D eigenvalue weighted by Gasteiger charge is 2.24. The van der Waals surface area contributed by atoms with Crippen LogP contribution in [0.5, 0.6) is 5.75 Å². The number of amides is 1. The van der Waals surface area contributed by atoms with Crippen LogP contribution in [0.15, 0.2) is 54.7 Å². The molecule has 0 saturated carbocycles. The molecule has 1 saturated heterocycles. The fourth-order valence-electron chi connectivity index (χ4n) is 3.94. The number of nitrogens with zero attached hydrogens (tertiary/aromatic N) is 2. The Morgan fingerprint density at radius 2 is 1.83 bits per heavy atom. The zero-order chi connectivity index (χ0) is 21.1. The first-order chi connectivity index (χ1) is 14.5. The van der Waals surface area contributed by atoms with Gasteiger partial charge in [0.1, 0.15) is 11.9 Å². The van der Waals surface area contributed by atoms with E-state index in [2.05, 4.69) is 56.1 Å². The van der Waals surface area contributed by atoms with Gasteiger partial charge < -0.3 is 9.64 Å². The molecule has 3 aromatic rings. The molecule has 156 valence electrons. The maximum atomic E-state index is 12.2. The molecule has 0 bridgehead atoms. The molecule has 4 nitrogen and oxygen atoms in total. The second-order valence-corrected chi connectivity index (χ2v) is 9.60. The van der Waals surface area contributed by atoms with Gasteiger partial charge in [0.15, 0.2) is 0 Å². The third-order valence-electron chi connectivity index (χ3n) is 5.53. The molecule has 1 aliphatic heterocycles. The Kier molecular flexibility index (Phi) is 6.28. The lowest BCUT2D eigenvalue weighted by molar-refractivity contribution is 0.119. The van der Waals surface area contributed by atoms with E-state index in [0.717, 1.165) is 42.6 Å². The fourth-order valence-corrected chi connectivity index (χ4v) is 4.68. The van der Waals surface area contributed by atoms with Crippen molar-refractivity contribution in [3.05, 3.63) is 60.3 Å². The quantitative estimate of drug-likeness (QED) is 0.496. The number of thioether (sulfide) groups is 1. The van der Waals surface area contributed by atoms with Gasteiger partial charge in [0, 0.05) is 42.8 Å². The lowest BCUT2D eigenvalue weighted by atomic mass is 9.98. The van der Waals surface area contributed by atoms with Crippen LogP contribution in [-0.4, -0.2) is 39.6 Å². The monoisotopic (exact) mass is 420 g/mol. The molecule has 1 aromatic heterocycles. The summed E-state index contributed by atoms with van der Waals surface area (Å²) in [5.41, 5.74) is 4.60. The van der Waals surface area contributed by atoms with Crippen molar-refractivity contribution < 1.29 is 9.53 Å². The van der Waals surface area contributed by atoms with Crippen LogP contribution in [0.25, 0.3) is 22.0 Å². The Hall–Kier alpha value is -2.53. The van der Waals surface area contributed by atoms with Crippen molar-refractivity contribution in [3.63, 3.8) is 0 Å².